The summed E-state index contributed by atoms with van der Waals surface area (Å²) in [5.41, 5.74) is 3.94. The van der Waals surface area contributed by atoms with E-state index in [0.29, 0.717) is 6.04 Å². The van der Waals surface area contributed by atoms with Gasteiger partial charge in [-0.15, -0.1) is 0 Å². The van der Waals surface area contributed by atoms with Gasteiger partial charge in [-0.25, -0.2) is 0 Å². The number of rotatable bonds is 7. The van der Waals surface area contributed by atoms with E-state index in [1.807, 2.05) is 17.9 Å². The van der Waals surface area contributed by atoms with Crippen LogP contribution in [0.5, 0.6) is 0 Å². The average molecular weight is 271 g/mol. The number of hydrogen-bond donors (Lipinski definition) is 1. The van der Waals surface area contributed by atoms with Gasteiger partial charge in [0.05, 0.1) is 5.69 Å². The van der Waals surface area contributed by atoms with Crippen LogP contribution in [0.4, 0.5) is 0 Å². The predicted octanol–water partition coefficient (Wildman–Crippen LogP) is 2.88. The highest BCUT2D eigenvalue weighted by Gasteiger charge is 2.03. The second-order valence-corrected chi connectivity index (χ2v) is 5.61. The molecule has 1 aromatic heterocycles. The van der Waals surface area contributed by atoms with Gasteiger partial charge < -0.3 is 5.32 Å². The lowest BCUT2D eigenvalue weighted by atomic mass is 10.0. The molecule has 0 aliphatic heterocycles. The molecule has 2 aromatic rings. The Hall–Kier alpha value is -1.61. The van der Waals surface area contributed by atoms with Crippen LogP contribution in [0.15, 0.2) is 36.5 Å². The fourth-order valence-corrected chi connectivity index (χ4v) is 2.40. The van der Waals surface area contributed by atoms with E-state index in [0.717, 1.165) is 25.1 Å². The van der Waals surface area contributed by atoms with E-state index in [-0.39, 0.29) is 0 Å². The van der Waals surface area contributed by atoms with Crippen molar-refractivity contribution in [2.45, 2.75) is 39.2 Å². The molecule has 0 spiro atoms. The number of benzene rings is 1. The van der Waals surface area contributed by atoms with Crippen molar-refractivity contribution in [2.75, 3.05) is 6.54 Å². The molecule has 20 heavy (non-hydrogen) atoms. The summed E-state index contributed by atoms with van der Waals surface area (Å²) in [6.45, 7) is 5.40. The smallest absolute Gasteiger partial charge is 0.0637 e. The standard InChI is InChI=1S/C17H25N3/c1-14-5-4-6-16(13-14)8-7-15(2)18-11-9-17-10-12-20(3)19-17/h4-6,10,12-13,15,18H,7-9,11H2,1-3H3. The number of hydrogen-bond acceptors (Lipinski definition) is 2. The van der Waals surface area contributed by atoms with Crippen molar-refractivity contribution in [3.8, 4) is 0 Å². The Bertz CT molecular complexity index is 531. The van der Waals surface area contributed by atoms with Gasteiger partial charge in [-0.05, 0) is 38.3 Å². The summed E-state index contributed by atoms with van der Waals surface area (Å²) < 4.78 is 1.86. The first-order valence-corrected chi connectivity index (χ1v) is 7.41. The molecule has 0 aliphatic carbocycles. The summed E-state index contributed by atoms with van der Waals surface area (Å²) in [5.74, 6) is 0. The Morgan fingerprint density at radius 1 is 1.25 bits per heavy atom. The molecule has 1 aromatic carbocycles. The van der Waals surface area contributed by atoms with Crippen molar-refractivity contribution in [2.24, 2.45) is 7.05 Å². The average Bonchev–Trinajstić information content (AvgIpc) is 2.82. The third kappa shape index (κ3) is 4.82. The van der Waals surface area contributed by atoms with Crippen molar-refractivity contribution in [3.05, 3.63) is 53.3 Å². The van der Waals surface area contributed by atoms with Crippen LogP contribution in [0, 0.1) is 6.92 Å². The molecule has 1 atom stereocenters. The van der Waals surface area contributed by atoms with E-state index in [1.165, 1.54) is 17.5 Å². The zero-order valence-electron chi connectivity index (χ0n) is 12.8. The maximum atomic E-state index is 4.39. The largest absolute Gasteiger partial charge is 0.314 e. The van der Waals surface area contributed by atoms with Crippen LogP contribution in [-0.4, -0.2) is 22.4 Å². The SMILES string of the molecule is Cc1cccc(CCC(C)NCCc2ccn(C)n2)c1. The molecule has 3 nitrogen and oxygen atoms in total. The first-order chi connectivity index (χ1) is 9.63. The molecular weight excluding hydrogens is 246 g/mol. The van der Waals surface area contributed by atoms with E-state index < -0.39 is 0 Å². The lowest BCUT2D eigenvalue weighted by Gasteiger charge is -2.13. The fraction of sp³-hybridized carbons (Fsp3) is 0.471. The Morgan fingerprint density at radius 2 is 2.10 bits per heavy atom. The predicted molar refractivity (Wildman–Crippen MR) is 83.9 cm³/mol. The lowest BCUT2D eigenvalue weighted by molar-refractivity contribution is 0.515. The van der Waals surface area contributed by atoms with E-state index in [4.69, 9.17) is 0 Å². The normalized spacial score (nSPS) is 12.6. The molecule has 0 saturated heterocycles. The van der Waals surface area contributed by atoms with Crippen molar-refractivity contribution >= 4 is 0 Å². The quantitative estimate of drug-likeness (QED) is 0.839. The second kappa shape index (κ2) is 7.25. The molecule has 1 unspecified atom stereocenters. The minimum Gasteiger partial charge on any atom is -0.314 e. The molecule has 0 fully saturated rings. The molecule has 0 aliphatic rings. The summed E-state index contributed by atoms with van der Waals surface area (Å²) in [5, 5.41) is 7.96. The Labute approximate surface area is 122 Å². The molecule has 108 valence electrons. The summed E-state index contributed by atoms with van der Waals surface area (Å²) >= 11 is 0. The van der Waals surface area contributed by atoms with Crippen LogP contribution < -0.4 is 5.32 Å². The molecule has 1 heterocycles. The van der Waals surface area contributed by atoms with Gasteiger partial charge in [0.2, 0.25) is 0 Å². The summed E-state index contributed by atoms with van der Waals surface area (Å²) in [4.78, 5) is 0. The molecule has 2 rings (SSSR count). The summed E-state index contributed by atoms with van der Waals surface area (Å²) in [7, 11) is 1.96. The van der Waals surface area contributed by atoms with Crippen molar-refractivity contribution in [1.82, 2.24) is 15.1 Å². The van der Waals surface area contributed by atoms with Crippen LogP contribution in [0.25, 0.3) is 0 Å². The van der Waals surface area contributed by atoms with Gasteiger partial charge in [0.25, 0.3) is 0 Å². The maximum absolute atomic E-state index is 4.39. The molecule has 3 heteroatoms. The van der Waals surface area contributed by atoms with Crippen LogP contribution in [0.3, 0.4) is 0 Å². The Balaban J connectivity index is 1.66. The van der Waals surface area contributed by atoms with Crippen LogP contribution >= 0.6 is 0 Å². The number of nitrogens with zero attached hydrogens (tertiary/aromatic N) is 2. The maximum Gasteiger partial charge on any atom is 0.0637 e. The van der Waals surface area contributed by atoms with Gasteiger partial charge in [-0.3, -0.25) is 4.68 Å². The highest BCUT2D eigenvalue weighted by Crippen LogP contribution is 2.08. The van der Waals surface area contributed by atoms with Crippen molar-refractivity contribution < 1.29 is 0 Å². The van der Waals surface area contributed by atoms with E-state index in [9.17, 15) is 0 Å². The Kier molecular flexibility index (Phi) is 5.36. The zero-order chi connectivity index (χ0) is 14.4. The van der Waals surface area contributed by atoms with Crippen LogP contribution in [-0.2, 0) is 19.9 Å². The highest BCUT2D eigenvalue weighted by atomic mass is 15.2. The second-order valence-electron chi connectivity index (χ2n) is 5.61. The molecule has 0 amide bonds. The third-order valence-corrected chi connectivity index (χ3v) is 3.59. The number of aromatic nitrogens is 2. The van der Waals surface area contributed by atoms with Crippen LogP contribution in [0.2, 0.25) is 0 Å². The molecule has 1 N–H and O–H groups in total. The number of aryl methyl sites for hydroxylation is 3. The minimum atomic E-state index is 0.541. The highest BCUT2D eigenvalue weighted by molar-refractivity contribution is 5.22. The van der Waals surface area contributed by atoms with Gasteiger partial charge in [-0.1, -0.05) is 29.8 Å². The van der Waals surface area contributed by atoms with E-state index in [2.05, 4.69) is 54.6 Å². The van der Waals surface area contributed by atoms with Crippen molar-refractivity contribution in [3.63, 3.8) is 0 Å². The van der Waals surface area contributed by atoms with Gasteiger partial charge in [0.1, 0.15) is 0 Å². The van der Waals surface area contributed by atoms with E-state index >= 15 is 0 Å². The fourth-order valence-electron chi connectivity index (χ4n) is 2.40. The van der Waals surface area contributed by atoms with Gasteiger partial charge in [0.15, 0.2) is 0 Å². The lowest BCUT2D eigenvalue weighted by Crippen LogP contribution is -2.28. The topological polar surface area (TPSA) is 29.9 Å². The minimum absolute atomic E-state index is 0.541. The monoisotopic (exact) mass is 271 g/mol. The van der Waals surface area contributed by atoms with Gasteiger partial charge in [0, 0.05) is 32.3 Å². The van der Waals surface area contributed by atoms with E-state index in [1.54, 1.807) is 0 Å². The van der Waals surface area contributed by atoms with Gasteiger partial charge >= 0.3 is 0 Å². The van der Waals surface area contributed by atoms with Crippen molar-refractivity contribution in [1.29, 1.82) is 0 Å². The first-order valence-electron chi connectivity index (χ1n) is 7.41. The zero-order valence-corrected chi connectivity index (χ0v) is 12.8. The molecular formula is C17H25N3. The molecule has 0 bridgehead atoms. The number of nitrogens with one attached hydrogen (secondary N) is 1. The summed E-state index contributed by atoms with van der Waals surface area (Å²) in [6.07, 6.45) is 5.30. The molecule has 0 radical (unpaired) electrons. The molecule has 0 saturated carbocycles. The first kappa shape index (κ1) is 14.8. The third-order valence-electron chi connectivity index (χ3n) is 3.59. The summed E-state index contributed by atoms with van der Waals surface area (Å²) in [6, 6.07) is 11.4. The van der Waals surface area contributed by atoms with Crippen LogP contribution in [0.1, 0.15) is 30.2 Å². The van der Waals surface area contributed by atoms with Gasteiger partial charge in [-0.2, -0.15) is 5.10 Å². The Morgan fingerprint density at radius 3 is 2.80 bits per heavy atom.